The Bertz CT molecular complexity index is 762. The smallest absolute Gasteiger partial charge is 0.345 e. The van der Waals surface area contributed by atoms with Crippen LogP contribution in [0.2, 0.25) is 10.0 Å². The average molecular weight is 418 g/mol. The van der Waals surface area contributed by atoms with Gasteiger partial charge in [-0.15, -0.1) is 0 Å². The van der Waals surface area contributed by atoms with Crippen LogP contribution in [0.15, 0.2) is 34.8 Å². The minimum atomic E-state index is -0.660. The van der Waals surface area contributed by atoms with Gasteiger partial charge in [0, 0.05) is 10.6 Å². The first-order valence-electron chi connectivity index (χ1n) is 6.55. The van der Waals surface area contributed by atoms with Crippen LogP contribution in [0.5, 0.6) is 11.5 Å². The van der Waals surface area contributed by atoms with E-state index in [0.717, 1.165) is 0 Å². The summed E-state index contributed by atoms with van der Waals surface area (Å²) in [7, 11) is 0. The largest absolute Gasteiger partial charge is 0.490 e. The highest BCUT2D eigenvalue weighted by molar-refractivity contribution is 9.10. The topological polar surface area (TPSA) is 52.6 Å². The molecule has 0 atom stereocenters. The zero-order chi connectivity index (χ0) is 17.0. The summed E-state index contributed by atoms with van der Waals surface area (Å²) in [6, 6.07) is 7.49. The highest BCUT2D eigenvalue weighted by Gasteiger charge is 2.19. The number of ether oxygens (including phenoxy) is 2. The minimum absolute atomic E-state index is 0.171. The summed E-state index contributed by atoms with van der Waals surface area (Å²) in [5.74, 6) is -0.206. The van der Waals surface area contributed by atoms with Crippen molar-refractivity contribution < 1.29 is 19.1 Å². The van der Waals surface area contributed by atoms with E-state index in [1.807, 2.05) is 0 Å². The van der Waals surface area contributed by atoms with Gasteiger partial charge >= 0.3 is 5.97 Å². The van der Waals surface area contributed by atoms with Gasteiger partial charge < -0.3 is 9.47 Å². The Kier molecular flexibility index (Phi) is 6.04. The Balaban J connectivity index is 2.38. The molecule has 0 heterocycles. The van der Waals surface area contributed by atoms with Crippen LogP contribution in [-0.2, 0) is 0 Å². The van der Waals surface area contributed by atoms with Gasteiger partial charge in [0.05, 0.1) is 21.7 Å². The van der Waals surface area contributed by atoms with Crippen molar-refractivity contribution in [3.05, 3.63) is 56.0 Å². The molecule has 0 unspecified atom stereocenters. The molecule has 0 aliphatic carbocycles. The Morgan fingerprint density at radius 3 is 2.61 bits per heavy atom. The molecule has 2 aromatic rings. The number of aldehydes is 1. The van der Waals surface area contributed by atoms with Crippen molar-refractivity contribution in [2.75, 3.05) is 6.61 Å². The second-order valence-corrected chi connectivity index (χ2v) is 6.09. The fourth-order valence-corrected chi connectivity index (χ4v) is 2.85. The van der Waals surface area contributed by atoms with Gasteiger partial charge in [0.2, 0.25) is 0 Å². The van der Waals surface area contributed by atoms with Gasteiger partial charge in [0.25, 0.3) is 0 Å². The monoisotopic (exact) mass is 416 g/mol. The summed E-state index contributed by atoms with van der Waals surface area (Å²) < 4.78 is 11.2. The van der Waals surface area contributed by atoms with Gasteiger partial charge in [-0.3, -0.25) is 4.79 Å². The number of esters is 1. The highest BCUT2D eigenvalue weighted by atomic mass is 79.9. The predicted molar refractivity (Wildman–Crippen MR) is 92.1 cm³/mol. The van der Waals surface area contributed by atoms with E-state index < -0.39 is 5.97 Å². The summed E-state index contributed by atoms with van der Waals surface area (Å²) in [5.41, 5.74) is 0.564. The minimum Gasteiger partial charge on any atom is -0.490 e. The summed E-state index contributed by atoms with van der Waals surface area (Å²) in [6.07, 6.45) is 0.676. The van der Waals surface area contributed by atoms with Crippen LogP contribution in [-0.4, -0.2) is 18.9 Å². The molecule has 23 heavy (non-hydrogen) atoms. The van der Waals surface area contributed by atoms with Gasteiger partial charge in [0.15, 0.2) is 11.5 Å². The van der Waals surface area contributed by atoms with Crippen LogP contribution >= 0.6 is 39.1 Å². The lowest BCUT2D eigenvalue weighted by molar-refractivity contribution is 0.0727. The highest BCUT2D eigenvalue weighted by Crippen LogP contribution is 2.37. The van der Waals surface area contributed by atoms with Gasteiger partial charge in [-0.1, -0.05) is 23.2 Å². The summed E-state index contributed by atoms with van der Waals surface area (Å²) in [6.45, 7) is 2.13. The quantitative estimate of drug-likeness (QED) is 0.381. The lowest BCUT2D eigenvalue weighted by atomic mass is 10.2. The van der Waals surface area contributed by atoms with Crippen molar-refractivity contribution in [3.63, 3.8) is 0 Å². The first-order valence-corrected chi connectivity index (χ1v) is 8.10. The average Bonchev–Trinajstić information content (AvgIpc) is 2.50. The molecule has 0 saturated carbocycles. The molecule has 0 aromatic heterocycles. The number of hydrogen-bond donors (Lipinski definition) is 0. The van der Waals surface area contributed by atoms with Crippen molar-refractivity contribution in [3.8, 4) is 11.5 Å². The van der Waals surface area contributed by atoms with E-state index in [4.69, 9.17) is 32.7 Å². The molecule has 0 bridgehead atoms. The lowest BCUT2D eigenvalue weighted by Gasteiger charge is -2.13. The SMILES string of the molecule is CCOc1cc(C=O)cc(Br)c1OC(=O)c1ccc(Cl)cc1Cl. The third kappa shape index (κ3) is 4.25. The van der Waals surface area contributed by atoms with Crippen LogP contribution in [0.1, 0.15) is 27.6 Å². The van der Waals surface area contributed by atoms with Crippen LogP contribution in [0, 0.1) is 0 Å². The molecule has 0 aliphatic rings. The third-order valence-electron chi connectivity index (χ3n) is 2.81. The summed E-state index contributed by atoms with van der Waals surface area (Å²) in [4.78, 5) is 23.2. The van der Waals surface area contributed by atoms with E-state index >= 15 is 0 Å². The number of halogens is 3. The summed E-state index contributed by atoms with van der Waals surface area (Å²) >= 11 is 15.1. The molecule has 0 fully saturated rings. The number of benzene rings is 2. The van der Waals surface area contributed by atoms with Gasteiger partial charge in [-0.25, -0.2) is 4.79 Å². The fraction of sp³-hybridized carbons (Fsp3) is 0.125. The molecule has 0 N–H and O–H groups in total. The Morgan fingerprint density at radius 2 is 2.00 bits per heavy atom. The molecule has 4 nitrogen and oxygen atoms in total. The fourth-order valence-electron chi connectivity index (χ4n) is 1.82. The van der Waals surface area contributed by atoms with Crippen molar-refractivity contribution in [1.82, 2.24) is 0 Å². The van der Waals surface area contributed by atoms with E-state index in [9.17, 15) is 9.59 Å². The molecule has 2 rings (SSSR count). The maximum atomic E-state index is 12.3. The van der Waals surface area contributed by atoms with Crippen LogP contribution in [0.25, 0.3) is 0 Å². The van der Waals surface area contributed by atoms with E-state index in [-0.39, 0.29) is 22.1 Å². The number of rotatable bonds is 5. The predicted octanol–water partition coefficient (Wildman–Crippen LogP) is 5.19. The van der Waals surface area contributed by atoms with Crippen molar-refractivity contribution >= 4 is 51.4 Å². The molecule has 0 aliphatic heterocycles. The Morgan fingerprint density at radius 1 is 1.26 bits per heavy atom. The molecule has 0 radical (unpaired) electrons. The van der Waals surface area contributed by atoms with E-state index in [0.29, 0.717) is 28.0 Å². The van der Waals surface area contributed by atoms with E-state index in [2.05, 4.69) is 15.9 Å². The maximum Gasteiger partial charge on any atom is 0.345 e. The zero-order valence-electron chi connectivity index (χ0n) is 11.9. The first-order chi connectivity index (χ1) is 11.0. The molecule has 7 heteroatoms. The van der Waals surface area contributed by atoms with Gasteiger partial charge in [-0.2, -0.15) is 0 Å². The second-order valence-electron chi connectivity index (χ2n) is 4.39. The molecule has 120 valence electrons. The number of hydrogen-bond acceptors (Lipinski definition) is 4. The standard InChI is InChI=1S/C16H11BrCl2O4/c1-2-22-14-6-9(8-20)5-12(17)15(14)23-16(21)11-4-3-10(18)7-13(11)19/h3-8H,2H2,1H3. The Hall–Kier alpha value is -1.56. The van der Waals surface area contributed by atoms with Crippen LogP contribution < -0.4 is 9.47 Å². The maximum absolute atomic E-state index is 12.3. The van der Waals surface area contributed by atoms with Crippen LogP contribution in [0.3, 0.4) is 0 Å². The van der Waals surface area contributed by atoms with Crippen LogP contribution in [0.4, 0.5) is 0 Å². The molecule has 2 aromatic carbocycles. The Labute approximate surface area is 151 Å². The normalized spacial score (nSPS) is 10.3. The third-order valence-corrected chi connectivity index (χ3v) is 3.95. The molecular weight excluding hydrogens is 407 g/mol. The van der Waals surface area contributed by atoms with Crippen molar-refractivity contribution in [2.24, 2.45) is 0 Å². The van der Waals surface area contributed by atoms with Gasteiger partial charge in [-0.05, 0) is 53.2 Å². The zero-order valence-corrected chi connectivity index (χ0v) is 15.0. The van der Waals surface area contributed by atoms with Gasteiger partial charge in [0.1, 0.15) is 6.29 Å². The molecule has 0 saturated heterocycles. The summed E-state index contributed by atoms with van der Waals surface area (Å²) in [5, 5.41) is 0.596. The van der Waals surface area contributed by atoms with Crippen molar-refractivity contribution in [1.29, 1.82) is 0 Å². The van der Waals surface area contributed by atoms with E-state index in [1.54, 1.807) is 6.92 Å². The molecule has 0 amide bonds. The second kappa shape index (κ2) is 7.81. The molecule has 0 spiro atoms. The lowest BCUT2D eigenvalue weighted by Crippen LogP contribution is -2.11. The van der Waals surface area contributed by atoms with Crippen molar-refractivity contribution in [2.45, 2.75) is 6.92 Å². The number of carbonyl (C=O) groups excluding carboxylic acids is 2. The molecular formula is C16H11BrCl2O4. The van der Waals surface area contributed by atoms with E-state index in [1.165, 1.54) is 30.3 Å². The first kappa shape index (κ1) is 17.8. The number of carbonyl (C=O) groups is 2.